The minimum absolute atomic E-state index is 0.218. The van der Waals surface area contributed by atoms with Crippen molar-refractivity contribution in [1.29, 1.82) is 0 Å². The van der Waals surface area contributed by atoms with Crippen molar-refractivity contribution < 1.29 is 19.1 Å². The second-order valence-corrected chi connectivity index (χ2v) is 6.57. The molecule has 0 saturated carbocycles. The summed E-state index contributed by atoms with van der Waals surface area (Å²) in [5, 5.41) is 0.714. The maximum absolute atomic E-state index is 11.3. The third-order valence-corrected chi connectivity index (χ3v) is 4.92. The van der Waals surface area contributed by atoms with Gasteiger partial charge in [-0.25, -0.2) is 14.8 Å². The molecule has 2 heterocycles. The van der Waals surface area contributed by atoms with Crippen molar-refractivity contribution in [2.24, 2.45) is 0 Å². The first-order chi connectivity index (χ1) is 10.5. The molecule has 0 aliphatic heterocycles. The van der Waals surface area contributed by atoms with E-state index in [0.29, 0.717) is 10.6 Å². The number of hydrogen-bond acceptors (Lipinski definition) is 8. The Morgan fingerprint density at radius 3 is 2.64 bits per heavy atom. The van der Waals surface area contributed by atoms with E-state index in [4.69, 9.17) is 0 Å². The van der Waals surface area contributed by atoms with Crippen LogP contribution >= 0.6 is 23.1 Å². The number of pyridine rings is 1. The van der Waals surface area contributed by atoms with E-state index in [1.54, 1.807) is 12.1 Å². The predicted octanol–water partition coefficient (Wildman–Crippen LogP) is 2.50. The lowest BCUT2D eigenvalue weighted by Crippen LogP contribution is -2.03. The Balaban J connectivity index is 2.09. The Kier molecular flexibility index (Phi) is 5.51. The zero-order chi connectivity index (χ0) is 16.1. The van der Waals surface area contributed by atoms with Crippen LogP contribution in [0.2, 0.25) is 0 Å². The summed E-state index contributed by atoms with van der Waals surface area (Å²) >= 11 is 2.81. The van der Waals surface area contributed by atoms with E-state index in [-0.39, 0.29) is 12.4 Å². The molecule has 0 amide bonds. The number of thiazole rings is 1. The molecular formula is C14H14N2O4S2. The summed E-state index contributed by atoms with van der Waals surface area (Å²) in [6.45, 7) is 1.85. The first-order valence-corrected chi connectivity index (χ1v) is 7.92. The summed E-state index contributed by atoms with van der Waals surface area (Å²) in [7, 11) is 2.69. The van der Waals surface area contributed by atoms with Gasteiger partial charge in [0, 0.05) is 11.1 Å². The fourth-order valence-corrected chi connectivity index (χ4v) is 3.69. The molecule has 0 spiro atoms. The number of ether oxygens (including phenoxy) is 2. The van der Waals surface area contributed by atoms with Crippen molar-refractivity contribution in [2.75, 3.05) is 14.2 Å². The molecule has 0 aliphatic carbocycles. The SMILES string of the molecule is COC(=O)Cc1sc(Sc2ccc(C(=O)OC)cn2)nc1C. The van der Waals surface area contributed by atoms with Gasteiger partial charge < -0.3 is 9.47 Å². The number of rotatable bonds is 5. The third-order valence-electron chi connectivity index (χ3n) is 2.75. The van der Waals surface area contributed by atoms with Gasteiger partial charge in [0.2, 0.25) is 0 Å². The highest BCUT2D eigenvalue weighted by Crippen LogP contribution is 2.32. The van der Waals surface area contributed by atoms with Gasteiger partial charge in [0.05, 0.1) is 31.9 Å². The normalized spacial score (nSPS) is 10.3. The van der Waals surface area contributed by atoms with Crippen LogP contribution in [0.25, 0.3) is 0 Å². The molecule has 8 heteroatoms. The number of aryl methyl sites for hydroxylation is 1. The number of carbonyl (C=O) groups is 2. The van der Waals surface area contributed by atoms with Gasteiger partial charge in [-0.05, 0) is 30.8 Å². The highest BCUT2D eigenvalue weighted by atomic mass is 32.2. The third kappa shape index (κ3) is 4.05. The summed E-state index contributed by atoms with van der Waals surface area (Å²) in [6, 6.07) is 3.38. The second kappa shape index (κ2) is 7.37. The second-order valence-electron chi connectivity index (χ2n) is 4.22. The molecule has 0 radical (unpaired) electrons. The monoisotopic (exact) mass is 338 g/mol. The highest BCUT2D eigenvalue weighted by molar-refractivity contribution is 8.01. The van der Waals surface area contributed by atoms with E-state index in [0.717, 1.165) is 14.9 Å². The fraction of sp³-hybridized carbons (Fsp3) is 0.286. The topological polar surface area (TPSA) is 78.4 Å². The molecule has 0 saturated heterocycles. The van der Waals surface area contributed by atoms with Gasteiger partial charge in [-0.15, -0.1) is 11.3 Å². The van der Waals surface area contributed by atoms with Crippen LogP contribution < -0.4 is 0 Å². The van der Waals surface area contributed by atoms with Gasteiger partial charge in [0.1, 0.15) is 5.03 Å². The molecule has 0 unspecified atom stereocenters. The molecule has 6 nitrogen and oxygen atoms in total. The average molecular weight is 338 g/mol. The molecule has 0 atom stereocenters. The smallest absolute Gasteiger partial charge is 0.339 e. The van der Waals surface area contributed by atoms with Crippen LogP contribution in [-0.4, -0.2) is 36.1 Å². The van der Waals surface area contributed by atoms with Gasteiger partial charge in [-0.3, -0.25) is 4.79 Å². The maximum atomic E-state index is 11.3. The summed E-state index contributed by atoms with van der Waals surface area (Å²) < 4.78 is 10.1. The summed E-state index contributed by atoms with van der Waals surface area (Å²) in [5.41, 5.74) is 1.21. The summed E-state index contributed by atoms with van der Waals surface area (Å²) in [4.78, 5) is 32.1. The van der Waals surface area contributed by atoms with Crippen LogP contribution in [0, 0.1) is 6.92 Å². The number of hydrogen-bond donors (Lipinski definition) is 0. The summed E-state index contributed by atoms with van der Waals surface area (Å²) in [6.07, 6.45) is 1.68. The Morgan fingerprint density at radius 2 is 2.05 bits per heavy atom. The minimum atomic E-state index is -0.422. The van der Waals surface area contributed by atoms with Crippen LogP contribution in [-0.2, 0) is 20.7 Å². The van der Waals surface area contributed by atoms with Gasteiger partial charge in [0.25, 0.3) is 0 Å². The molecular weight excluding hydrogens is 324 g/mol. The lowest BCUT2D eigenvalue weighted by Gasteiger charge is -2.00. The van der Waals surface area contributed by atoms with E-state index in [2.05, 4.69) is 19.4 Å². The molecule has 0 aromatic carbocycles. The van der Waals surface area contributed by atoms with E-state index >= 15 is 0 Å². The van der Waals surface area contributed by atoms with Crippen LogP contribution in [0.4, 0.5) is 0 Å². The number of methoxy groups -OCH3 is 2. The van der Waals surface area contributed by atoms with Crippen molar-refractivity contribution in [3.63, 3.8) is 0 Å². The number of esters is 2. The zero-order valence-electron chi connectivity index (χ0n) is 12.3. The van der Waals surface area contributed by atoms with Crippen molar-refractivity contribution in [1.82, 2.24) is 9.97 Å². The molecule has 22 heavy (non-hydrogen) atoms. The van der Waals surface area contributed by atoms with E-state index in [1.807, 2.05) is 6.92 Å². The summed E-state index contributed by atoms with van der Waals surface area (Å²) in [5.74, 6) is -0.710. The van der Waals surface area contributed by atoms with Crippen LogP contribution in [0.3, 0.4) is 0 Å². The largest absolute Gasteiger partial charge is 0.469 e. The molecule has 0 aliphatic rings. The molecule has 2 rings (SSSR count). The minimum Gasteiger partial charge on any atom is -0.469 e. The molecule has 2 aromatic heterocycles. The predicted molar refractivity (Wildman–Crippen MR) is 82.3 cm³/mol. The zero-order valence-corrected chi connectivity index (χ0v) is 13.9. The highest BCUT2D eigenvalue weighted by Gasteiger charge is 2.13. The Labute approximate surface area is 135 Å². The maximum Gasteiger partial charge on any atom is 0.339 e. The van der Waals surface area contributed by atoms with Gasteiger partial charge in [-0.1, -0.05) is 0 Å². The first kappa shape index (κ1) is 16.4. The lowest BCUT2D eigenvalue weighted by atomic mass is 10.3. The average Bonchev–Trinajstić information content (AvgIpc) is 2.86. The number of aromatic nitrogens is 2. The first-order valence-electron chi connectivity index (χ1n) is 6.28. The quantitative estimate of drug-likeness (QED) is 0.775. The van der Waals surface area contributed by atoms with Crippen molar-refractivity contribution in [3.8, 4) is 0 Å². The molecule has 0 fully saturated rings. The van der Waals surface area contributed by atoms with Crippen LogP contribution in [0.5, 0.6) is 0 Å². The van der Waals surface area contributed by atoms with E-state index < -0.39 is 5.97 Å². The molecule has 0 N–H and O–H groups in total. The molecule has 116 valence electrons. The van der Waals surface area contributed by atoms with Crippen LogP contribution in [0.1, 0.15) is 20.9 Å². The van der Waals surface area contributed by atoms with Crippen molar-refractivity contribution in [2.45, 2.75) is 22.7 Å². The van der Waals surface area contributed by atoms with Gasteiger partial charge in [-0.2, -0.15) is 0 Å². The lowest BCUT2D eigenvalue weighted by molar-refractivity contribution is -0.139. The standard InChI is InChI=1S/C14H14N2O4S2/c1-8-10(6-12(17)19-2)21-14(16-8)22-11-5-4-9(7-15-11)13(18)20-3/h4-5,7H,6H2,1-3H3. The van der Waals surface area contributed by atoms with Gasteiger partial charge in [0.15, 0.2) is 4.34 Å². The number of nitrogens with zero attached hydrogens (tertiary/aromatic N) is 2. The number of carbonyl (C=O) groups excluding carboxylic acids is 2. The van der Waals surface area contributed by atoms with Crippen molar-refractivity contribution in [3.05, 3.63) is 34.5 Å². The molecule has 2 aromatic rings. The Bertz CT molecular complexity index is 683. The Hall–Kier alpha value is -1.93. The van der Waals surface area contributed by atoms with Crippen LogP contribution in [0.15, 0.2) is 27.7 Å². The van der Waals surface area contributed by atoms with Gasteiger partial charge >= 0.3 is 11.9 Å². The Morgan fingerprint density at radius 1 is 1.27 bits per heavy atom. The molecule has 0 bridgehead atoms. The van der Waals surface area contributed by atoms with Crippen molar-refractivity contribution >= 4 is 35.0 Å². The van der Waals surface area contributed by atoms with E-state index in [1.165, 1.54) is 43.5 Å². The fourth-order valence-electron chi connectivity index (χ4n) is 1.58. The van der Waals surface area contributed by atoms with E-state index in [9.17, 15) is 9.59 Å².